The first-order chi connectivity index (χ1) is 7.68. The summed E-state index contributed by atoms with van der Waals surface area (Å²) >= 11 is 0. The normalized spacial score (nSPS) is 15.0. The smallest absolute Gasteiger partial charge is 0.316 e. The van der Waals surface area contributed by atoms with Crippen LogP contribution in [0.1, 0.15) is 25.3 Å². The van der Waals surface area contributed by atoms with Crippen LogP contribution in [-0.2, 0) is 4.79 Å². The van der Waals surface area contributed by atoms with E-state index in [1.807, 2.05) is 24.3 Å². The fraction of sp³-hybridized carbons (Fsp3) is 0.462. The predicted octanol–water partition coefficient (Wildman–Crippen LogP) is 2.36. The van der Waals surface area contributed by atoms with Gasteiger partial charge in [0.15, 0.2) is 0 Å². The highest BCUT2D eigenvalue weighted by atomic mass is 35.5. The number of ether oxygens (including phenoxy) is 1. The number of para-hydroxylation sites is 1. The molecule has 1 fully saturated rings. The summed E-state index contributed by atoms with van der Waals surface area (Å²) in [6.07, 6.45) is 0. The number of hydrogen-bond donors (Lipinski definition) is 1. The molecular formula is C13H18ClNO2. The average molecular weight is 256 g/mol. The van der Waals surface area contributed by atoms with Crippen LogP contribution < -0.4 is 10.1 Å². The Morgan fingerprint density at radius 1 is 1.35 bits per heavy atom. The van der Waals surface area contributed by atoms with Crippen LogP contribution in [0.2, 0.25) is 0 Å². The van der Waals surface area contributed by atoms with E-state index in [0.29, 0.717) is 11.7 Å². The topological polar surface area (TPSA) is 38.3 Å². The minimum atomic E-state index is -0.119. The van der Waals surface area contributed by atoms with E-state index >= 15 is 0 Å². The number of carbonyl (C=O) groups excluding carboxylic acids is 1. The first-order valence-corrected chi connectivity index (χ1v) is 5.70. The van der Waals surface area contributed by atoms with E-state index in [4.69, 9.17) is 4.74 Å². The fourth-order valence-corrected chi connectivity index (χ4v) is 1.70. The Morgan fingerprint density at radius 3 is 2.53 bits per heavy atom. The Kier molecular flexibility index (Phi) is 4.97. The van der Waals surface area contributed by atoms with Crippen LogP contribution >= 0.6 is 12.4 Å². The summed E-state index contributed by atoms with van der Waals surface area (Å²) in [5.74, 6) is 0.977. The van der Waals surface area contributed by atoms with Gasteiger partial charge >= 0.3 is 5.97 Å². The zero-order valence-corrected chi connectivity index (χ0v) is 10.9. The maximum Gasteiger partial charge on any atom is 0.316 e. The maximum absolute atomic E-state index is 11.7. The van der Waals surface area contributed by atoms with Crippen molar-refractivity contribution in [2.75, 3.05) is 13.1 Å². The van der Waals surface area contributed by atoms with E-state index in [-0.39, 0.29) is 24.3 Å². The molecule has 1 aliphatic heterocycles. The molecule has 0 aromatic heterocycles. The predicted molar refractivity (Wildman–Crippen MR) is 69.8 cm³/mol. The largest absolute Gasteiger partial charge is 0.426 e. The molecule has 0 unspecified atom stereocenters. The van der Waals surface area contributed by atoms with Gasteiger partial charge in [0.25, 0.3) is 0 Å². The molecule has 0 saturated carbocycles. The van der Waals surface area contributed by atoms with Crippen molar-refractivity contribution in [2.45, 2.75) is 19.8 Å². The third-order valence-electron chi connectivity index (χ3n) is 2.87. The lowest BCUT2D eigenvalue weighted by Crippen LogP contribution is -2.48. The minimum Gasteiger partial charge on any atom is -0.426 e. The highest BCUT2D eigenvalue weighted by Crippen LogP contribution is 2.26. The quantitative estimate of drug-likeness (QED) is 0.666. The van der Waals surface area contributed by atoms with Gasteiger partial charge in [-0.05, 0) is 17.5 Å². The van der Waals surface area contributed by atoms with E-state index < -0.39 is 0 Å². The van der Waals surface area contributed by atoms with Gasteiger partial charge in [0.05, 0.1) is 5.92 Å². The molecule has 0 spiro atoms. The molecule has 1 N–H and O–H groups in total. The number of halogens is 1. The van der Waals surface area contributed by atoms with Crippen LogP contribution in [0.4, 0.5) is 0 Å². The molecule has 1 heterocycles. The Morgan fingerprint density at radius 2 is 2.00 bits per heavy atom. The van der Waals surface area contributed by atoms with Crippen LogP contribution in [0.15, 0.2) is 24.3 Å². The second-order valence-electron chi connectivity index (χ2n) is 4.47. The fourth-order valence-electron chi connectivity index (χ4n) is 1.70. The number of esters is 1. The second-order valence-corrected chi connectivity index (χ2v) is 4.47. The zero-order valence-electron chi connectivity index (χ0n) is 10.1. The molecule has 1 saturated heterocycles. The molecule has 17 heavy (non-hydrogen) atoms. The van der Waals surface area contributed by atoms with Crippen LogP contribution in [0.5, 0.6) is 5.75 Å². The second kappa shape index (κ2) is 6.03. The van der Waals surface area contributed by atoms with Crippen molar-refractivity contribution < 1.29 is 9.53 Å². The maximum atomic E-state index is 11.7. The summed E-state index contributed by atoms with van der Waals surface area (Å²) in [5, 5.41) is 3.06. The van der Waals surface area contributed by atoms with Gasteiger partial charge < -0.3 is 10.1 Å². The molecule has 1 aromatic carbocycles. The van der Waals surface area contributed by atoms with Gasteiger partial charge in [0.1, 0.15) is 5.75 Å². The third kappa shape index (κ3) is 3.20. The lowest BCUT2D eigenvalue weighted by molar-refractivity contribution is -0.140. The lowest BCUT2D eigenvalue weighted by Gasteiger charge is -2.25. The van der Waals surface area contributed by atoms with Crippen LogP contribution in [0.25, 0.3) is 0 Å². The Balaban J connectivity index is 0.00000144. The Hall–Kier alpha value is -1.06. The SMILES string of the molecule is CC(C)c1ccccc1OC(=O)C1CNC1.Cl. The highest BCUT2D eigenvalue weighted by molar-refractivity contribution is 5.85. The number of nitrogens with one attached hydrogen (secondary N) is 1. The highest BCUT2D eigenvalue weighted by Gasteiger charge is 2.27. The molecule has 0 bridgehead atoms. The monoisotopic (exact) mass is 255 g/mol. The first kappa shape index (κ1) is 14.0. The molecule has 0 radical (unpaired) electrons. The number of hydrogen-bond acceptors (Lipinski definition) is 3. The molecule has 1 aromatic rings. The number of rotatable bonds is 3. The van der Waals surface area contributed by atoms with E-state index in [1.54, 1.807) is 0 Å². The number of carbonyl (C=O) groups is 1. The standard InChI is InChI=1S/C13H17NO2.ClH/c1-9(2)11-5-3-4-6-12(11)16-13(15)10-7-14-8-10;/h3-6,9-10,14H,7-8H2,1-2H3;1H. The van der Waals surface area contributed by atoms with Crippen molar-refractivity contribution in [1.82, 2.24) is 5.32 Å². The van der Waals surface area contributed by atoms with Crippen molar-refractivity contribution in [1.29, 1.82) is 0 Å². The van der Waals surface area contributed by atoms with Gasteiger partial charge in [-0.3, -0.25) is 4.79 Å². The van der Waals surface area contributed by atoms with Gasteiger partial charge in [0, 0.05) is 13.1 Å². The first-order valence-electron chi connectivity index (χ1n) is 5.70. The summed E-state index contributed by atoms with van der Waals surface area (Å²) in [6.45, 7) is 5.67. The molecule has 3 nitrogen and oxygen atoms in total. The Bertz CT molecular complexity index is 389. The molecule has 1 aliphatic rings. The van der Waals surface area contributed by atoms with Gasteiger partial charge in [-0.2, -0.15) is 0 Å². The van der Waals surface area contributed by atoms with Crippen molar-refractivity contribution in [3.8, 4) is 5.75 Å². The molecule has 0 atom stereocenters. The zero-order chi connectivity index (χ0) is 11.5. The third-order valence-corrected chi connectivity index (χ3v) is 2.87. The summed E-state index contributed by atoms with van der Waals surface area (Å²) in [7, 11) is 0. The van der Waals surface area contributed by atoms with Gasteiger partial charge in [-0.25, -0.2) is 0 Å². The Labute approximate surface area is 108 Å². The molecule has 2 rings (SSSR count). The van der Waals surface area contributed by atoms with Crippen LogP contribution in [-0.4, -0.2) is 19.1 Å². The van der Waals surface area contributed by atoms with Crippen molar-refractivity contribution >= 4 is 18.4 Å². The lowest BCUT2D eigenvalue weighted by atomic mass is 10.0. The van der Waals surface area contributed by atoms with E-state index in [9.17, 15) is 4.79 Å². The molecule has 4 heteroatoms. The van der Waals surface area contributed by atoms with Crippen LogP contribution in [0.3, 0.4) is 0 Å². The average Bonchev–Trinajstić information content (AvgIpc) is 2.15. The minimum absolute atomic E-state index is 0. The van der Waals surface area contributed by atoms with E-state index in [2.05, 4.69) is 19.2 Å². The summed E-state index contributed by atoms with van der Waals surface area (Å²) in [5.41, 5.74) is 1.09. The van der Waals surface area contributed by atoms with Gasteiger partial charge in [-0.1, -0.05) is 32.0 Å². The van der Waals surface area contributed by atoms with Crippen molar-refractivity contribution in [3.05, 3.63) is 29.8 Å². The van der Waals surface area contributed by atoms with Crippen LogP contribution in [0, 0.1) is 5.92 Å². The van der Waals surface area contributed by atoms with Gasteiger partial charge in [0.2, 0.25) is 0 Å². The van der Waals surface area contributed by atoms with E-state index in [0.717, 1.165) is 18.7 Å². The molecule has 0 amide bonds. The summed E-state index contributed by atoms with van der Waals surface area (Å²) in [6, 6.07) is 7.73. The molecular weight excluding hydrogens is 238 g/mol. The summed E-state index contributed by atoms with van der Waals surface area (Å²) < 4.78 is 5.43. The summed E-state index contributed by atoms with van der Waals surface area (Å²) in [4.78, 5) is 11.7. The molecule has 0 aliphatic carbocycles. The van der Waals surface area contributed by atoms with Crippen molar-refractivity contribution in [2.24, 2.45) is 5.92 Å². The van der Waals surface area contributed by atoms with E-state index in [1.165, 1.54) is 0 Å². The van der Waals surface area contributed by atoms with Crippen molar-refractivity contribution in [3.63, 3.8) is 0 Å². The van der Waals surface area contributed by atoms with Gasteiger partial charge in [-0.15, -0.1) is 12.4 Å². The molecule has 94 valence electrons. The number of benzene rings is 1.